The topological polar surface area (TPSA) is 66.4 Å². The van der Waals surface area contributed by atoms with Gasteiger partial charge in [0.05, 0.1) is 11.3 Å². The number of nitrogens with one attached hydrogen (secondary N) is 1. The fraction of sp³-hybridized carbons (Fsp3) is 0.0476. The molecule has 0 saturated heterocycles. The molecule has 0 aliphatic rings. The molecule has 0 heterocycles. The first-order valence-corrected chi connectivity index (χ1v) is 7.96. The largest absolute Gasteiger partial charge is 0.478 e. The van der Waals surface area contributed by atoms with Crippen molar-refractivity contribution in [3.05, 3.63) is 89.2 Å². The molecule has 4 nitrogen and oxygen atoms in total. The zero-order valence-corrected chi connectivity index (χ0v) is 14.0. The highest BCUT2D eigenvalue weighted by Crippen LogP contribution is 2.27. The van der Waals surface area contributed by atoms with Crippen molar-refractivity contribution in [3.8, 4) is 11.1 Å². The number of carboxylic acids is 1. The molecule has 26 heavy (non-hydrogen) atoms. The molecule has 0 bridgehead atoms. The van der Waals surface area contributed by atoms with E-state index >= 15 is 0 Å². The lowest BCUT2D eigenvalue weighted by Crippen LogP contribution is -2.14. The second-order valence-electron chi connectivity index (χ2n) is 5.85. The molecule has 3 aromatic rings. The van der Waals surface area contributed by atoms with Gasteiger partial charge in [0, 0.05) is 5.56 Å². The average molecular weight is 349 g/mol. The number of hydrogen-bond acceptors (Lipinski definition) is 2. The maximum absolute atomic E-state index is 13.8. The van der Waals surface area contributed by atoms with Gasteiger partial charge in [-0.3, -0.25) is 4.79 Å². The number of carboxylic acid groups (broad SMARTS) is 1. The molecule has 0 aliphatic carbocycles. The van der Waals surface area contributed by atoms with Crippen LogP contribution >= 0.6 is 0 Å². The first-order chi connectivity index (χ1) is 12.5. The Hall–Kier alpha value is -3.47. The summed E-state index contributed by atoms with van der Waals surface area (Å²) < 4.78 is 13.8. The summed E-state index contributed by atoms with van der Waals surface area (Å²) in [6, 6.07) is 17.8. The van der Waals surface area contributed by atoms with Gasteiger partial charge in [0.2, 0.25) is 0 Å². The minimum Gasteiger partial charge on any atom is -0.478 e. The lowest BCUT2D eigenvalue weighted by molar-refractivity contribution is 0.0698. The zero-order valence-electron chi connectivity index (χ0n) is 14.0. The van der Waals surface area contributed by atoms with Crippen molar-refractivity contribution in [2.45, 2.75) is 6.92 Å². The van der Waals surface area contributed by atoms with Gasteiger partial charge in [-0.25, -0.2) is 9.18 Å². The second kappa shape index (κ2) is 7.19. The Labute approximate surface area is 149 Å². The van der Waals surface area contributed by atoms with E-state index in [1.807, 2.05) is 0 Å². The van der Waals surface area contributed by atoms with Crippen molar-refractivity contribution in [1.82, 2.24) is 0 Å². The van der Waals surface area contributed by atoms with E-state index in [9.17, 15) is 19.1 Å². The van der Waals surface area contributed by atoms with E-state index in [4.69, 9.17) is 0 Å². The van der Waals surface area contributed by atoms with E-state index in [1.165, 1.54) is 18.2 Å². The molecule has 0 aromatic heterocycles. The van der Waals surface area contributed by atoms with Crippen molar-refractivity contribution >= 4 is 17.6 Å². The number of rotatable bonds is 4. The first-order valence-electron chi connectivity index (χ1n) is 7.96. The monoisotopic (exact) mass is 349 g/mol. The average Bonchev–Trinajstić information content (AvgIpc) is 2.64. The van der Waals surface area contributed by atoms with Crippen molar-refractivity contribution < 1.29 is 19.1 Å². The molecule has 0 fully saturated rings. The van der Waals surface area contributed by atoms with Gasteiger partial charge in [0.25, 0.3) is 5.91 Å². The molecule has 0 aliphatic heterocycles. The molecule has 1 amide bonds. The van der Waals surface area contributed by atoms with Gasteiger partial charge in [-0.1, -0.05) is 36.4 Å². The van der Waals surface area contributed by atoms with Gasteiger partial charge in [-0.15, -0.1) is 0 Å². The third-order valence-corrected chi connectivity index (χ3v) is 4.04. The Bertz CT molecular complexity index is 984. The Morgan fingerprint density at radius 1 is 0.923 bits per heavy atom. The molecule has 3 rings (SSSR count). The lowest BCUT2D eigenvalue weighted by Gasteiger charge is -2.12. The molecule has 0 saturated carbocycles. The number of hydrogen-bond donors (Lipinski definition) is 2. The van der Waals surface area contributed by atoms with Crippen molar-refractivity contribution in [1.29, 1.82) is 0 Å². The molecule has 0 radical (unpaired) electrons. The van der Waals surface area contributed by atoms with Crippen LogP contribution in [0.3, 0.4) is 0 Å². The maximum atomic E-state index is 13.8. The predicted octanol–water partition coefficient (Wildman–Crippen LogP) is 4.75. The van der Waals surface area contributed by atoms with Crippen LogP contribution in [0.5, 0.6) is 0 Å². The van der Waals surface area contributed by atoms with E-state index in [2.05, 4.69) is 5.32 Å². The maximum Gasteiger partial charge on any atom is 0.337 e. The Morgan fingerprint density at radius 3 is 2.23 bits per heavy atom. The SMILES string of the molecule is Cc1ccc(-c2ccc(C(=O)O)c(NC(=O)c3ccccc3)c2)cc1F. The van der Waals surface area contributed by atoms with Gasteiger partial charge in [0.15, 0.2) is 0 Å². The highest BCUT2D eigenvalue weighted by Gasteiger charge is 2.15. The van der Waals surface area contributed by atoms with Crippen LogP contribution < -0.4 is 5.32 Å². The van der Waals surface area contributed by atoms with Crippen LogP contribution in [0.25, 0.3) is 11.1 Å². The summed E-state index contributed by atoms with van der Waals surface area (Å²) in [6.07, 6.45) is 0. The lowest BCUT2D eigenvalue weighted by atomic mass is 10.0. The van der Waals surface area contributed by atoms with Crippen LogP contribution in [0.15, 0.2) is 66.7 Å². The minimum absolute atomic E-state index is 0.0365. The van der Waals surface area contributed by atoms with Crippen LogP contribution in [0, 0.1) is 12.7 Å². The van der Waals surface area contributed by atoms with Crippen LogP contribution in [-0.2, 0) is 0 Å². The minimum atomic E-state index is -1.16. The number of anilines is 1. The predicted molar refractivity (Wildman–Crippen MR) is 97.9 cm³/mol. The number of benzene rings is 3. The summed E-state index contributed by atoms with van der Waals surface area (Å²) in [7, 11) is 0. The van der Waals surface area contributed by atoms with Gasteiger partial charge in [-0.05, 0) is 53.9 Å². The molecule has 0 spiro atoms. The van der Waals surface area contributed by atoms with E-state index in [1.54, 1.807) is 55.5 Å². The summed E-state index contributed by atoms with van der Waals surface area (Å²) >= 11 is 0. The summed E-state index contributed by atoms with van der Waals surface area (Å²) in [5.74, 6) is -1.92. The van der Waals surface area contributed by atoms with Gasteiger partial charge in [0.1, 0.15) is 5.82 Å². The van der Waals surface area contributed by atoms with Crippen molar-refractivity contribution in [3.63, 3.8) is 0 Å². The number of amides is 1. The Kier molecular flexibility index (Phi) is 4.80. The third-order valence-electron chi connectivity index (χ3n) is 4.04. The standard InChI is InChI=1S/C21H16FNO3/c1-13-7-8-15(11-18(13)22)16-9-10-17(21(25)26)19(12-16)23-20(24)14-5-3-2-4-6-14/h2-12H,1H3,(H,23,24)(H,25,26). The molecule has 3 aromatic carbocycles. The molecule has 130 valence electrons. The number of halogens is 1. The van der Waals surface area contributed by atoms with E-state index in [-0.39, 0.29) is 17.1 Å². The first kappa shape index (κ1) is 17.4. The summed E-state index contributed by atoms with van der Waals surface area (Å²) in [5, 5.41) is 12.0. The second-order valence-corrected chi connectivity index (χ2v) is 5.85. The van der Waals surface area contributed by atoms with E-state index < -0.39 is 11.9 Å². The Balaban J connectivity index is 2.00. The van der Waals surface area contributed by atoms with Crippen LogP contribution in [-0.4, -0.2) is 17.0 Å². The normalized spacial score (nSPS) is 10.4. The Morgan fingerprint density at radius 2 is 1.58 bits per heavy atom. The van der Waals surface area contributed by atoms with Crippen molar-refractivity contribution in [2.75, 3.05) is 5.32 Å². The molecular weight excluding hydrogens is 333 g/mol. The summed E-state index contributed by atoms with van der Waals surface area (Å²) in [5.41, 5.74) is 2.26. The number of carbonyl (C=O) groups excluding carboxylic acids is 1. The smallest absolute Gasteiger partial charge is 0.337 e. The zero-order chi connectivity index (χ0) is 18.7. The van der Waals surface area contributed by atoms with Crippen molar-refractivity contribution in [2.24, 2.45) is 0 Å². The highest BCUT2D eigenvalue weighted by molar-refractivity contribution is 6.08. The fourth-order valence-electron chi connectivity index (χ4n) is 2.57. The quantitative estimate of drug-likeness (QED) is 0.714. The number of carbonyl (C=O) groups is 2. The highest BCUT2D eigenvalue weighted by atomic mass is 19.1. The molecule has 2 N–H and O–H groups in total. The van der Waals surface area contributed by atoms with Gasteiger partial charge < -0.3 is 10.4 Å². The molecule has 0 unspecified atom stereocenters. The van der Waals surface area contributed by atoms with Crippen LogP contribution in [0.1, 0.15) is 26.3 Å². The molecular formula is C21H16FNO3. The van der Waals surface area contributed by atoms with Gasteiger partial charge in [-0.2, -0.15) is 0 Å². The molecule has 5 heteroatoms. The third kappa shape index (κ3) is 3.62. The summed E-state index contributed by atoms with van der Waals surface area (Å²) in [6.45, 7) is 1.66. The number of aryl methyl sites for hydroxylation is 1. The van der Waals surface area contributed by atoms with Crippen LogP contribution in [0.2, 0.25) is 0 Å². The number of aromatic carboxylic acids is 1. The fourth-order valence-corrected chi connectivity index (χ4v) is 2.57. The van der Waals surface area contributed by atoms with Crippen LogP contribution in [0.4, 0.5) is 10.1 Å². The molecule has 0 atom stereocenters. The van der Waals surface area contributed by atoms with E-state index in [0.29, 0.717) is 22.3 Å². The van der Waals surface area contributed by atoms with E-state index in [0.717, 1.165) is 0 Å². The summed E-state index contributed by atoms with van der Waals surface area (Å²) in [4.78, 5) is 23.8. The van der Waals surface area contributed by atoms with Gasteiger partial charge >= 0.3 is 5.97 Å².